The van der Waals surface area contributed by atoms with Crippen LogP contribution < -0.4 is 14.8 Å². The minimum atomic E-state index is -0.463. The first-order chi connectivity index (χ1) is 13.8. The van der Waals surface area contributed by atoms with Gasteiger partial charge in [-0.3, -0.25) is 10.1 Å². The molecule has 2 aromatic carbocycles. The summed E-state index contributed by atoms with van der Waals surface area (Å²) in [4.78, 5) is 16.5. The van der Waals surface area contributed by atoms with Gasteiger partial charge in [0.2, 0.25) is 0 Å². The predicted octanol–water partition coefficient (Wildman–Crippen LogP) is 5.27. The molecular weight excluding hydrogens is 391 g/mol. The van der Waals surface area contributed by atoms with E-state index in [1.807, 2.05) is 24.3 Å². The molecular formula is C22H23FN2O3S. The number of benzene rings is 2. The summed E-state index contributed by atoms with van der Waals surface area (Å²) in [7, 11) is 1.41. The van der Waals surface area contributed by atoms with Crippen molar-refractivity contribution in [1.29, 1.82) is 0 Å². The van der Waals surface area contributed by atoms with E-state index in [2.05, 4.69) is 31.1 Å². The molecule has 1 N–H and O–H groups in total. The smallest absolute Gasteiger partial charge is 0.264 e. The summed E-state index contributed by atoms with van der Waals surface area (Å²) in [5.41, 5.74) is 2.44. The number of halogens is 1. The van der Waals surface area contributed by atoms with Crippen molar-refractivity contribution >= 4 is 22.4 Å². The number of hydrogen-bond donors (Lipinski definition) is 1. The Kier molecular flexibility index (Phi) is 6.17. The summed E-state index contributed by atoms with van der Waals surface area (Å²) in [6.45, 7) is 6.29. The van der Waals surface area contributed by atoms with Gasteiger partial charge in [0.15, 0.2) is 23.3 Å². The van der Waals surface area contributed by atoms with Crippen molar-refractivity contribution in [2.24, 2.45) is 0 Å². The standard InChI is InChI=1S/C22H23FN2O3S/c1-22(2,3)15-6-8-16(9-7-15)28-12-20(26)25-21-24-18(13-29-21)14-5-10-19(27-4)17(23)11-14/h5-11,13H,12H2,1-4H3,(H,24,25,26). The number of nitrogens with one attached hydrogen (secondary N) is 1. The maximum Gasteiger partial charge on any atom is 0.264 e. The second-order valence-electron chi connectivity index (χ2n) is 7.50. The van der Waals surface area contributed by atoms with Crippen LogP contribution >= 0.6 is 11.3 Å². The van der Waals surface area contributed by atoms with Crippen LogP contribution in [0.5, 0.6) is 11.5 Å². The molecule has 0 unspecified atom stereocenters. The zero-order chi connectivity index (χ0) is 21.0. The van der Waals surface area contributed by atoms with Crippen molar-refractivity contribution in [2.75, 3.05) is 19.0 Å². The summed E-state index contributed by atoms with van der Waals surface area (Å²) < 4.78 is 24.3. The molecule has 5 nitrogen and oxygen atoms in total. The van der Waals surface area contributed by atoms with Crippen molar-refractivity contribution in [3.05, 3.63) is 59.2 Å². The van der Waals surface area contributed by atoms with Crippen LogP contribution in [0.1, 0.15) is 26.3 Å². The Morgan fingerprint density at radius 3 is 2.52 bits per heavy atom. The van der Waals surface area contributed by atoms with Crippen molar-refractivity contribution in [1.82, 2.24) is 4.98 Å². The molecule has 0 radical (unpaired) electrons. The van der Waals surface area contributed by atoms with Crippen LogP contribution in [0.15, 0.2) is 47.8 Å². The minimum Gasteiger partial charge on any atom is -0.494 e. The molecule has 1 heterocycles. The zero-order valence-corrected chi connectivity index (χ0v) is 17.6. The van der Waals surface area contributed by atoms with E-state index in [9.17, 15) is 9.18 Å². The first-order valence-corrected chi connectivity index (χ1v) is 9.97. The quantitative estimate of drug-likeness (QED) is 0.597. The summed E-state index contributed by atoms with van der Waals surface area (Å²) in [6.07, 6.45) is 0. The van der Waals surface area contributed by atoms with Crippen molar-refractivity contribution in [3.8, 4) is 22.8 Å². The monoisotopic (exact) mass is 414 g/mol. The Balaban J connectivity index is 1.57. The SMILES string of the molecule is COc1ccc(-c2csc(NC(=O)COc3ccc(C(C)(C)C)cc3)n2)cc1F. The Hall–Kier alpha value is -2.93. The molecule has 1 aromatic heterocycles. The van der Waals surface area contributed by atoms with Crippen LogP contribution in [-0.2, 0) is 10.2 Å². The van der Waals surface area contributed by atoms with Crippen LogP contribution in [0.4, 0.5) is 9.52 Å². The normalized spacial score (nSPS) is 11.2. The maximum atomic E-state index is 13.9. The fourth-order valence-corrected chi connectivity index (χ4v) is 3.38. The summed E-state index contributed by atoms with van der Waals surface area (Å²) >= 11 is 1.26. The molecule has 0 fully saturated rings. The molecule has 3 aromatic rings. The fraction of sp³-hybridized carbons (Fsp3) is 0.273. The van der Waals surface area contributed by atoms with Gasteiger partial charge in [0, 0.05) is 10.9 Å². The van der Waals surface area contributed by atoms with E-state index < -0.39 is 5.82 Å². The molecule has 3 rings (SSSR count). The highest BCUT2D eigenvalue weighted by Gasteiger charge is 2.14. The van der Waals surface area contributed by atoms with Crippen LogP contribution in [0.2, 0.25) is 0 Å². The van der Waals surface area contributed by atoms with E-state index in [4.69, 9.17) is 9.47 Å². The number of anilines is 1. The molecule has 0 saturated carbocycles. The van der Waals surface area contributed by atoms with Gasteiger partial charge in [-0.05, 0) is 41.3 Å². The van der Waals surface area contributed by atoms with Gasteiger partial charge in [0.05, 0.1) is 12.8 Å². The molecule has 0 atom stereocenters. The lowest BCUT2D eigenvalue weighted by atomic mass is 9.87. The van der Waals surface area contributed by atoms with Gasteiger partial charge in [0.1, 0.15) is 5.75 Å². The Morgan fingerprint density at radius 2 is 1.90 bits per heavy atom. The predicted molar refractivity (Wildman–Crippen MR) is 113 cm³/mol. The average molecular weight is 415 g/mol. The topological polar surface area (TPSA) is 60.5 Å². The van der Waals surface area contributed by atoms with Crippen molar-refractivity contribution < 1.29 is 18.7 Å². The first kappa shape index (κ1) is 20.8. The fourth-order valence-electron chi connectivity index (χ4n) is 2.64. The Bertz CT molecular complexity index is 994. The lowest BCUT2D eigenvalue weighted by molar-refractivity contribution is -0.118. The van der Waals surface area contributed by atoms with Crippen molar-refractivity contribution in [3.63, 3.8) is 0 Å². The number of nitrogens with zero attached hydrogens (tertiary/aromatic N) is 1. The number of aromatic nitrogens is 1. The lowest BCUT2D eigenvalue weighted by Gasteiger charge is -2.19. The van der Waals surface area contributed by atoms with Crippen molar-refractivity contribution in [2.45, 2.75) is 26.2 Å². The molecule has 0 aliphatic heterocycles. The first-order valence-electron chi connectivity index (χ1n) is 9.09. The summed E-state index contributed by atoms with van der Waals surface area (Å²) in [6, 6.07) is 12.3. The van der Waals surface area contributed by atoms with E-state index in [1.54, 1.807) is 17.5 Å². The van der Waals surface area contributed by atoms with Crippen LogP contribution in [0.25, 0.3) is 11.3 Å². The zero-order valence-electron chi connectivity index (χ0n) is 16.8. The van der Waals surface area contributed by atoms with E-state index >= 15 is 0 Å². The lowest BCUT2D eigenvalue weighted by Crippen LogP contribution is -2.20. The molecule has 0 aliphatic rings. The van der Waals surface area contributed by atoms with E-state index in [-0.39, 0.29) is 23.7 Å². The molecule has 0 saturated heterocycles. The van der Waals surface area contributed by atoms with Gasteiger partial charge in [-0.15, -0.1) is 11.3 Å². The number of amides is 1. The number of carbonyl (C=O) groups excluding carboxylic acids is 1. The second-order valence-corrected chi connectivity index (χ2v) is 8.36. The van der Waals surface area contributed by atoms with Gasteiger partial charge >= 0.3 is 0 Å². The molecule has 7 heteroatoms. The molecule has 0 bridgehead atoms. The molecule has 152 valence electrons. The highest BCUT2D eigenvalue weighted by molar-refractivity contribution is 7.14. The summed E-state index contributed by atoms with van der Waals surface area (Å²) in [5.74, 6) is 0.0213. The third-order valence-electron chi connectivity index (χ3n) is 4.29. The van der Waals surface area contributed by atoms with E-state index in [0.29, 0.717) is 22.1 Å². The van der Waals surface area contributed by atoms with Gasteiger partial charge in [-0.1, -0.05) is 32.9 Å². The third kappa shape index (κ3) is 5.32. The Labute approximate surface area is 173 Å². The summed E-state index contributed by atoms with van der Waals surface area (Å²) in [5, 5.41) is 4.88. The largest absolute Gasteiger partial charge is 0.494 e. The van der Waals surface area contributed by atoms with Gasteiger partial charge < -0.3 is 9.47 Å². The second kappa shape index (κ2) is 8.61. The third-order valence-corrected chi connectivity index (χ3v) is 5.05. The molecule has 0 aliphatic carbocycles. The van der Waals surface area contributed by atoms with Gasteiger partial charge in [-0.25, -0.2) is 9.37 Å². The number of thiazole rings is 1. The number of methoxy groups -OCH3 is 1. The van der Waals surface area contributed by atoms with E-state index in [1.165, 1.54) is 30.1 Å². The highest BCUT2D eigenvalue weighted by Crippen LogP contribution is 2.28. The minimum absolute atomic E-state index is 0.0608. The van der Waals surface area contributed by atoms with Crippen LogP contribution in [0, 0.1) is 5.82 Å². The van der Waals surface area contributed by atoms with Gasteiger partial charge in [0.25, 0.3) is 5.91 Å². The van der Waals surface area contributed by atoms with Gasteiger partial charge in [-0.2, -0.15) is 0 Å². The number of carbonyl (C=O) groups is 1. The number of ether oxygens (including phenoxy) is 2. The highest BCUT2D eigenvalue weighted by atomic mass is 32.1. The molecule has 0 spiro atoms. The van der Waals surface area contributed by atoms with Crippen LogP contribution in [-0.4, -0.2) is 24.6 Å². The maximum absolute atomic E-state index is 13.9. The van der Waals surface area contributed by atoms with Crippen LogP contribution in [0.3, 0.4) is 0 Å². The Morgan fingerprint density at radius 1 is 1.17 bits per heavy atom. The number of rotatable bonds is 6. The van der Waals surface area contributed by atoms with E-state index in [0.717, 1.165) is 0 Å². The molecule has 1 amide bonds. The molecule has 29 heavy (non-hydrogen) atoms. The average Bonchev–Trinajstić information content (AvgIpc) is 3.14. The number of hydrogen-bond acceptors (Lipinski definition) is 5.